The molecule has 0 unspecified atom stereocenters. The van der Waals surface area contributed by atoms with E-state index in [0.717, 1.165) is 0 Å². The highest BCUT2D eigenvalue weighted by atomic mass is 15.0. The van der Waals surface area contributed by atoms with Crippen LogP contribution < -0.4 is 0 Å². The number of aromatic nitrogens is 1. The van der Waals surface area contributed by atoms with E-state index < -0.39 is 0 Å². The minimum atomic E-state index is 0.491. The van der Waals surface area contributed by atoms with Gasteiger partial charge in [0.25, 0.3) is 0 Å². The van der Waals surface area contributed by atoms with Gasteiger partial charge in [-0.15, -0.1) is 0 Å². The zero-order valence-electron chi connectivity index (χ0n) is 13.6. The molecule has 0 amide bonds. The number of fused-ring (bicyclic) bond motifs is 3. The number of para-hydroxylation sites is 2. The van der Waals surface area contributed by atoms with Gasteiger partial charge in [-0.05, 0) is 26.0 Å². The van der Waals surface area contributed by atoms with Crippen molar-refractivity contribution in [2.75, 3.05) is 0 Å². The van der Waals surface area contributed by atoms with Gasteiger partial charge in [-0.1, -0.05) is 64.1 Å². The Balaban J connectivity index is 0.000000461. The third-order valence-corrected chi connectivity index (χ3v) is 3.13. The van der Waals surface area contributed by atoms with Gasteiger partial charge in [0.15, 0.2) is 0 Å². The van der Waals surface area contributed by atoms with E-state index in [2.05, 4.69) is 66.9 Å². The molecule has 20 heavy (non-hydrogen) atoms. The average molecular weight is 269 g/mol. The van der Waals surface area contributed by atoms with Gasteiger partial charge in [0.2, 0.25) is 0 Å². The fraction of sp³-hybridized carbons (Fsp3) is 0.368. The molecule has 0 N–H and O–H groups in total. The molecule has 3 aromatic rings. The van der Waals surface area contributed by atoms with Crippen molar-refractivity contribution in [2.45, 2.75) is 47.6 Å². The second-order valence-electron chi connectivity index (χ2n) is 4.50. The first-order valence-corrected chi connectivity index (χ1v) is 7.76. The number of nitrogens with zero attached hydrogens (tertiary/aromatic N) is 1. The molecule has 0 aliphatic heterocycles. The summed E-state index contributed by atoms with van der Waals surface area (Å²) in [5, 5.41) is 2.71. The van der Waals surface area contributed by atoms with Gasteiger partial charge < -0.3 is 4.57 Å². The van der Waals surface area contributed by atoms with Gasteiger partial charge in [0, 0.05) is 27.8 Å². The number of hydrogen-bond acceptors (Lipinski definition) is 0. The van der Waals surface area contributed by atoms with Crippen LogP contribution in [0.5, 0.6) is 0 Å². The van der Waals surface area contributed by atoms with Crippen molar-refractivity contribution in [2.24, 2.45) is 0 Å². The van der Waals surface area contributed by atoms with E-state index in [1.807, 2.05) is 27.7 Å². The summed E-state index contributed by atoms with van der Waals surface area (Å²) in [7, 11) is 0. The fourth-order valence-corrected chi connectivity index (χ4v) is 2.51. The molecule has 0 fully saturated rings. The van der Waals surface area contributed by atoms with Gasteiger partial charge in [0.05, 0.1) is 0 Å². The molecule has 0 radical (unpaired) electrons. The van der Waals surface area contributed by atoms with Crippen LogP contribution in [-0.2, 0) is 0 Å². The Labute approximate surface area is 123 Å². The highest BCUT2D eigenvalue weighted by molar-refractivity contribution is 6.08. The van der Waals surface area contributed by atoms with Crippen LogP contribution >= 0.6 is 0 Å². The summed E-state index contributed by atoms with van der Waals surface area (Å²) in [6.07, 6.45) is 0. The molecule has 108 valence electrons. The summed E-state index contributed by atoms with van der Waals surface area (Å²) in [4.78, 5) is 0. The van der Waals surface area contributed by atoms with Crippen molar-refractivity contribution in [3.05, 3.63) is 48.5 Å². The van der Waals surface area contributed by atoms with Crippen molar-refractivity contribution in [3.8, 4) is 0 Å². The molecule has 0 bridgehead atoms. The largest absolute Gasteiger partial charge is 0.338 e. The monoisotopic (exact) mass is 269 g/mol. The highest BCUT2D eigenvalue weighted by Gasteiger charge is 2.10. The van der Waals surface area contributed by atoms with Crippen LogP contribution in [0.3, 0.4) is 0 Å². The number of benzene rings is 2. The molecule has 1 heterocycles. The molecule has 0 aliphatic rings. The Morgan fingerprint density at radius 2 is 1.00 bits per heavy atom. The predicted molar refractivity (Wildman–Crippen MR) is 92.5 cm³/mol. The van der Waals surface area contributed by atoms with Crippen LogP contribution in [-0.4, -0.2) is 4.57 Å². The molecule has 0 atom stereocenters. The van der Waals surface area contributed by atoms with Gasteiger partial charge in [0.1, 0.15) is 0 Å². The lowest BCUT2D eigenvalue weighted by Crippen LogP contribution is -1.99. The Morgan fingerprint density at radius 3 is 1.35 bits per heavy atom. The zero-order chi connectivity index (χ0) is 15.1. The van der Waals surface area contributed by atoms with E-state index in [0.29, 0.717) is 6.04 Å². The quantitative estimate of drug-likeness (QED) is 0.480. The third kappa shape index (κ3) is 2.87. The first-order valence-electron chi connectivity index (χ1n) is 7.76. The molecule has 3 rings (SSSR count). The van der Waals surface area contributed by atoms with Gasteiger partial charge in [-0.2, -0.15) is 0 Å². The normalized spacial score (nSPS) is 9.95. The van der Waals surface area contributed by atoms with Crippen LogP contribution in [0.15, 0.2) is 48.5 Å². The first kappa shape index (κ1) is 16.3. The number of rotatable bonds is 1. The lowest BCUT2D eigenvalue weighted by atomic mass is 10.2. The maximum atomic E-state index is 2.41. The van der Waals surface area contributed by atoms with E-state index in [1.54, 1.807) is 0 Å². The van der Waals surface area contributed by atoms with Gasteiger partial charge in [-0.25, -0.2) is 0 Å². The Bertz CT molecular complexity index is 594. The minimum Gasteiger partial charge on any atom is -0.338 e. The van der Waals surface area contributed by atoms with E-state index in [9.17, 15) is 0 Å². The maximum Gasteiger partial charge on any atom is 0.0493 e. The SMILES string of the molecule is CC.CC.CC(C)n1c2ccccc2c2ccccc21. The van der Waals surface area contributed by atoms with Crippen LogP contribution in [0.1, 0.15) is 47.6 Å². The summed E-state index contributed by atoms with van der Waals surface area (Å²) >= 11 is 0. The van der Waals surface area contributed by atoms with Crippen LogP contribution in [0.25, 0.3) is 21.8 Å². The second kappa shape index (κ2) is 7.74. The third-order valence-electron chi connectivity index (χ3n) is 3.13. The summed E-state index contributed by atoms with van der Waals surface area (Å²) in [5.74, 6) is 0. The predicted octanol–water partition coefficient (Wildman–Crippen LogP) is 6.43. The smallest absolute Gasteiger partial charge is 0.0493 e. The van der Waals surface area contributed by atoms with Crippen molar-refractivity contribution in [3.63, 3.8) is 0 Å². The van der Waals surface area contributed by atoms with Gasteiger partial charge in [-0.3, -0.25) is 0 Å². The molecular weight excluding hydrogens is 242 g/mol. The molecule has 1 nitrogen and oxygen atoms in total. The Morgan fingerprint density at radius 1 is 0.650 bits per heavy atom. The zero-order valence-corrected chi connectivity index (χ0v) is 13.6. The lowest BCUT2D eigenvalue weighted by molar-refractivity contribution is 0.642. The summed E-state index contributed by atoms with van der Waals surface area (Å²) < 4.78 is 2.41. The maximum absolute atomic E-state index is 2.41. The first-order chi connectivity index (χ1) is 9.79. The lowest BCUT2D eigenvalue weighted by Gasteiger charge is -2.10. The molecule has 2 aromatic carbocycles. The molecule has 1 aromatic heterocycles. The van der Waals surface area contributed by atoms with Crippen molar-refractivity contribution >= 4 is 21.8 Å². The van der Waals surface area contributed by atoms with E-state index in [4.69, 9.17) is 0 Å². The Kier molecular flexibility index (Phi) is 6.30. The standard InChI is InChI=1S/C15H15N.2C2H6/c1-11(2)16-14-9-5-3-7-12(14)13-8-4-6-10-15(13)16;2*1-2/h3-11H,1-2H3;2*1-2H3. The summed E-state index contributed by atoms with van der Waals surface area (Å²) in [5.41, 5.74) is 2.66. The van der Waals surface area contributed by atoms with Crippen molar-refractivity contribution in [1.29, 1.82) is 0 Å². The summed E-state index contributed by atoms with van der Waals surface area (Å²) in [6.45, 7) is 12.5. The molecule has 1 heteroatoms. The molecule has 0 aliphatic carbocycles. The van der Waals surface area contributed by atoms with Crippen molar-refractivity contribution in [1.82, 2.24) is 4.57 Å². The van der Waals surface area contributed by atoms with Gasteiger partial charge >= 0.3 is 0 Å². The number of hydrogen-bond donors (Lipinski definition) is 0. The van der Waals surface area contributed by atoms with E-state index in [-0.39, 0.29) is 0 Å². The van der Waals surface area contributed by atoms with E-state index >= 15 is 0 Å². The second-order valence-corrected chi connectivity index (χ2v) is 4.50. The topological polar surface area (TPSA) is 4.93 Å². The average Bonchev–Trinajstić information content (AvgIpc) is 2.86. The molecule has 0 spiro atoms. The summed E-state index contributed by atoms with van der Waals surface area (Å²) in [6, 6.07) is 17.8. The fourth-order valence-electron chi connectivity index (χ4n) is 2.51. The van der Waals surface area contributed by atoms with E-state index in [1.165, 1.54) is 21.8 Å². The van der Waals surface area contributed by atoms with Crippen molar-refractivity contribution < 1.29 is 0 Å². The molecule has 0 saturated carbocycles. The van der Waals surface area contributed by atoms with Crippen LogP contribution in [0.2, 0.25) is 0 Å². The van der Waals surface area contributed by atoms with Crippen LogP contribution in [0, 0.1) is 0 Å². The minimum absolute atomic E-state index is 0.491. The molecule has 0 saturated heterocycles. The van der Waals surface area contributed by atoms with Crippen LogP contribution in [0.4, 0.5) is 0 Å². The molecular formula is C19H27N. The highest BCUT2D eigenvalue weighted by Crippen LogP contribution is 2.31. The Hall–Kier alpha value is -1.76.